The number of pyridine rings is 1. The molecule has 2 heterocycles. The maximum Gasteiger partial charge on any atom is 0.140 e. The van der Waals surface area contributed by atoms with Gasteiger partial charge in [0.05, 0.1) is 11.1 Å². The van der Waals surface area contributed by atoms with E-state index in [2.05, 4.69) is 77.1 Å². The Bertz CT molecular complexity index is 1380. The van der Waals surface area contributed by atoms with E-state index in [0.29, 0.717) is 0 Å². The van der Waals surface area contributed by atoms with Gasteiger partial charge >= 0.3 is 0 Å². The van der Waals surface area contributed by atoms with Crippen LogP contribution in [0.15, 0.2) is 48.7 Å². The van der Waals surface area contributed by atoms with Crippen LogP contribution < -0.4 is 4.74 Å². The lowest BCUT2D eigenvalue weighted by molar-refractivity contribution is 0.333. The SMILES string of the molecule is Cc1c2c(cc3ccccc13)-c1nccc3c4c(cc(c13)O2)C(C)(C)CCC4(C)C. The third kappa shape index (κ3) is 2.22. The fourth-order valence-electron chi connectivity index (χ4n) is 5.70. The van der Waals surface area contributed by atoms with Crippen molar-refractivity contribution in [3.8, 4) is 22.8 Å². The van der Waals surface area contributed by atoms with Crippen LogP contribution in [0.1, 0.15) is 57.2 Å². The summed E-state index contributed by atoms with van der Waals surface area (Å²) in [6.07, 6.45) is 4.37. The summed E-state index contributed by atoms with van der Waals surface area (Å²) in [6.45, 7) is 11.7. The molecule has 0 spiro atoms. The fourth-order valence-corrected chi connectivity index (χ4v) is 5.70. The Hall–Kier alpha value is -2.87. The van der Waals surface area contributed by atoms with Gasteiger partial charge in [-0.05, 0) is 76.1 Å². The predicted molar refractivity (Wildman–Crippen MR) is 125 cm³/mol. The minimum Gasteiger partial charge on any atom is -0.456 e. The van der Waals surface area contributed by atoms with Crippen LogP contribution in [0.4, 0.5) is 0 Å². The molecule has 2 nitrogen and oxygen atoms in total. The summed E-state index contributed by atoms with van der Waals surface area (Å²) in [6, 6.07) is 15.3. The first kappa shape index (κ1) is 17.9. The summed E-state index contributed by atoms with van der Waals surface area (Å²) in [5.74, 6) is 1.91. The third-order valence-corrected chi connectivity index (χ3v) is 7.51. The van der Waals surface area contributed by atoms with Gasteiger partial charge in [0.2, 0.25) is 0 Å². The molecule has 0 bridgehead atoms. The highest BCUT2D eigenvalue weighted by atomic mass is 16.5. The normalized spacial score (nSPS) is 18.0. The zero-order valence-electron chi connectivity index (χ0n) is 18.4. The summed E-state index contributed by atoms with van der Waals surface area (Å²) in [4.78, 5) is 4.88. The van der Waals surface area contributed by atoms with Crippen molar-refractivity contribution >= 4 is 21.5 Å². The van der Waals surface area contributed by atoms with Crippen LogP contribution in [-0.4, -0.2) is 4.98 Å². The molecule has 0 saturated carbocycles. The summed E-state index contributed by atoms with van der Waals surface area (Å²) < 4.78 is 6.68. The van der Waals surface area contributed by atoms with Gasteiger partial charge in [0.1, 0.15) is 11.5 Å². The first-order chi connectivity index (χ1) is 14.3. The summed E-state index contributed by atoms with van der Waals surface area (Å²) >= 11 is 0. The predicted octanol–water partition coefficient (Wildman–Crippen LogP) is 7.82. The van der Waals surface area contributed by atoms with E-state index >= 15 is 0 Å². The van der Waals surface area contributed by atoms with Gasteiger partial charge in [-0.3, -0.25) is 4.98 Å². The number of rotatable bonds is 0. The number of hydrogen-bond donors (Lipinski definition) is 0. The highest BCUT2D eigenvalue weighted by Crippen LogP contribution is 2.55. The molecular formula is C28H27NO. The highest BCUT2D eigenvalue weighted by molar-refractivity contribution is 6.07. The van der Waals surface area contributed by atoms with Crippen LogP contribution in [0, 0.1) is 6.92 Å². The van der Waals surface area contributed by atoms with Gasteiger partial charge in [0.25, 0.3) is 0 Å². The molecule has 3 aromatic carbocycles. The van der Waals surface area contributed by atoms with Crippen LogP contribution >= 0.6 is 0 Å². The summed E-state index contributed by atoms with van der Waals surface area (Å²) in [5.41, 5.74) is 6.54. The number of aryl methyl sites for hydroxylation is 1. The van der Waals surface area contributed by atoms with E-state index < -0.39 is 0 Å². The van der Waals surface area contributed by atoms with Gasteiger partial charge in [0, 0.05) is 17.3 Å². The molecule has 4 aromatic rings. The zero-order valence-corrected chi connectivity index (χ0v) is 18.4. The Morgan fingerprint density at radius 2 is 1.67 bits per heavy atom. The van der Waals surface area contributed by atoms with Crippen molar-refractivity contribution in [2.45, 2.75) is 58.3 Å². The van der Waals surface area contributed by atoms with E-state index in [1.807, 2.05) is 6.20 Å². The molecule has 0 N–H and O–H groups in total. The molecule has 2 aliphatic rings. The van der Waals surface area contributed by atoms with Crippen molar-refractivity contribution in [2.75, 3.05) is 0 Å². The van der Waals surface area contributed by atoms with E-state index in [9.17, 15) is 0 Å². The molecule has 6 rings (SSSR count). The highest BCUT2D eigenvalue weighted by Gasteiger charge is 2.40. The minimum atomic E-state index is 0.140. The van der Waals surface area contributed by atoms with Gasteiger partial charge in [-0.1, -0.05) is 52.0 Å². The Morgan fingerprint density at radius 3 is 2.50 bits per heavy atom. The van der Waals surface area contributed by atoms with E-state index in [1.165, 1.54) is 51.1 Å². The lowest BCUT2D eigenvalue weighted by Crippen LogP contribution is -2.34. The second kappa shape index (κ2) is 5.63. The van der Waals surface area contributed by atoms with E-state index in [1.54, 1.807) is 0 Å². The second-order valence-electron chi connectivity index (χ2n) is 10.3. The number of hydrogen-bond acceptors (Lipinski definition) is 2. The van der Waals surface area contributed by atoms with Crippen molar-refractivity contribution in [1.82, 2.24) is 4.98 Å². The van der Waals surface area contributed by atoms with Crippen molar-refractivity contribution in [3.05, 3.63) is 65.4 Å². The molecule has 30 heavy (non-hydrogen) atoms. The number of nitrogens with zero attached hydrogens (tertiary/aromatic N) is 1. The van der Waals surface area contributed by atoms with Crippen LogP contribution in [0.5, 0.6) is 11.5 Å². The van der Waals surface area contributed by atoms with Gasteiger partial charge in [-0.2, -0.15) is 0 Å². The largest absolute Gasteiger partial charge is 0.456 e. The van der Waals surface area contributed by atoms with Crippen molar-refractivity contribution in [1.29, 1.82) is 0 Å². The summed E-state index contributed by atoms with van der Waals surface area (Å²) in [5, 5.41) is 4.95. The lowest BCUT2D eigenvalue weighted by atomic mass is 9.62. The van der Waals surface area contributed by atoms with Crippen molar-refractivity contribution < 1.29 is 4.74 Å². The Morgan fingerprint density at radius 1 is 0.900 bits per heavy atom. The van der Waals surface area contributed by atoms with Crippen LogP contribution in [0.3, 0.4) is 0 Å². The van der Waals surface area contributed by atoms with Gasteiger partial charge in [0.15, 0.2) is 0 Å². The maximum atomic E-state index is 6.68. The molecule has 0 radical (unpaired) electrons. The molecule has 1 aliphatic carbocycles. The van der Waals surface area contributed by atoms with Gasteiger partial charge in [-0.15, -0.1) is 0 Å². The Balaban J connectivity index is 1.77. The molecule has 0 unspecified atom stereocenters. The zero-order chi connectivity index (χ0) is 20.8. The average molecular weight is 394 g/mol. The third-order valence-electron chi connectivity index (χ3n) is 7.51. The molecule has 1 aromatic heterocycles. The van der Waals surface area contributed by atoms with Gasteiger partial charge in [-0.25, -0.2) is 0 Å². The molecule has 2 heteroatoms. The summed E-state index contributed by atoms with van der Waals surface area (Å²) in [7, 11) is 0. The Labute approximate surface area is 177 Å². The average Bonchev–Trinajstić information content (AvgIpc) is 2.72. The molecule has 0 saturated heterocycles. The molecule has 150 valence electrons. The monoisotopic (exact) mass is 393 g/mol. The quantitative estimate of drug-likeness (QED) is 0.267. The lowest BCUT2D eigenvalue weighted by Gasteiger charge is -2.43. The number of benzene rings is 3. The molecule has 0 amide bonds. The Kier molecular flexibility index (Phi) is 3.37. The van der Waals surface area contributed by atoms with E-state index in [-0.39, 0.29) is 10.8 Å². The fraction of sp³-hybridized carbons (Fsp3) is 0.321. The van der Waals surface area contributed by atoms with Crippen molar-refractivity contribution in [3.63, 3.8) is 0 Å². The van der Waals surface area contributed by atoms with Gasteiger partial charge < -0.3 is 4.74 Å². The van der Waals surface area contributed by atoms with E-state index in [0.717, 1.165) is 22.8 Å². The van der Waals surface area contributed by atoms with Crippen LogP contribution in [0.25, 0.3) is 32.8 Å². The van der Waals surface area contributed by atoms with E-state index in [4.69, 9.17) is 9.72 Å². The minimum absolute atomic E-state index is 0.140. The first-order valence-corrected chi connectivity index (χ1v) is 11.0. The number of ether oxygens (including phenoxy) is 1. The van der Waals surface area contributed by atoms with Crippen molar-refractivity contribution in [2.24, 2.45) is 0 Å². The molecule has 0 atom stereocenters. The molecule has 1 aliphatic heterocycles. The first-order valence-electron chi connectivity index (χ1n) is 11.0. The molecule has 0 fully saturated rings. The van der Waals surface area contributed by atoms with Crippen LogP contribution in [0.2, 0.25) is 0 Å². The number of fused-ring (bicyclic) bond motifs is 5. The standard InChI is InChI=1S/C28H27NO/c1-16-18-9-7-6-8-17(18)14-20-25-23-19(10-13-29-25)24-21(15-22(23)30-26(16)20)27(2,3)11-12-28(24,4)5/h6-10,13-15H,11-12H2,1-5H3. The maximum absolute atomic E-state index is 6.68. The topological polar surface area (TPSA) is 22.1 Å². The molecular weight excluding hydrogens is 366 g/mol. The number of aromatic nitrogens is 1. The second-order valence-corrected chi connectivity index (χ2v) is 10.3. The van der Waals surface area contributed by atoms with Crippen LogP contribution in [-0.2, 0) is 10.8 Å². The smallest absolute Gasteiger partial charge is 0.140 e.